The van der Waals surface area contributed by atoms with Crippen LogP contribution < -0.4 is 11.1 Å². The lowest BCUT2D eigenvalue weighted by Gasteiger charge is -2.19. The molecule has 7 nitrogen and oxygen atoms in total. The topological polar surface area (TPSA) is 107 Å². The average molecular weight is 286 g/mol. The van der Waals surface area contributed by atoms with Gasteiger partial charge >= 0.3 is 0 Å². The third kappa shape index (κ3) is 3.46. The van der Waals surface area contributed by atoms with E-state index in [9.17, 15) is 13.2 Å². The van der Waals surface area contributed by atoms with Crippen LogP contribution in [-0.2, 0) is 21.2 Å². The summed E-state index contributed by atoms with van der Waals surface area (Å²) in [5.74, 6) is -0.468. The van der Waals surface area contributed by atoms with Gasteiger partial charge in [0.05, 0.1) is 17.1 Å². The van der Waals surface area contributed by atoms with Gasteiger partial charge in [-0.15, -0.1) is 0 Å². The highest BCUT2D eigenvalue weighted by Gasteiger charge is 2.34. The van der Waals surface area contributed by atoms with Gasteiger partial charge in [-0.1, -0.05) is 0 Å². The third-order valence-corrected chi connectivity index (χ3v) is 4.97. The molecule has 1 aliphatic rings. The number of primary amides is 1. The standard InChI is InChI=1S/C11H18N4O3S/c1-19(17,18)10-4-2-3-9(10)14-8-5-13-15(6-8)7-11(12)16/h5-6,9-10,14H,2-4,7H2,1H3,(H2,12,16). The quantitative estimate of drug-likeness (QED) is 0.776. The van der Waals surface area contributed by atoms with Crippen molar-refractivity contribution in [3.63, 3.8) is 0 Å². The van der Waals surface area contributed by atoms with E-state index in [4.69, 9.17) is 5.73 Å². The summed E-state index contributed by atoms with van der Waals surface area (Å²) in [7, 11) is -3.05. The summed E-state index contributed by atoms with van der Waals surface area (Å²) in [6, 6.07) is -0.0961. The van der Waals surface area contributed by atoms with Gasteiger partial charge in [-0.3, -0.25) is 9.48 Å². The Labute approximate surface area is 112 Å². The molecule has 1 aromatic heterocycles. The molecule has 0 bridgehead atoms. The zero-order chi connectivity index (χ0) is 14.0. The van der Waals surface area contributed by atoms with E-state index in [-0.39, 0.29) is 17.8 Å². The number of carbonyl (C=O) groups excluding carboxylic acids is 1. The highest BCUT2D eigenvalue weighted by atomic mass is 32.2. The van der Waals surface area contributed by atoms with Crippen molar-refractivity contribution in [1.82, 2.24) is 9.78 Å². The minimum absolute atomic E-state index is 0.0157. The van der Waals surface area contributed by atoms with Crippen LogP contribution in [0.3, 0.4) is 0 Å². The van der Waals surface area contributed by atoms with Crippen LogP contribution in [0.15, 0.2) is 12.4 Å². The van der Waals surface area contributed by atoms with Gasteiger partial charge in [0.2, 0.25) is 5.91 Å². The van der Waals surface area contributed by atoms with E-state index in [0.29, 0.717) is 12.1 Å². The first kappa shape index (κ1) is 13.9. The molecule has 1 amide bonds. The Morgan fingerprint density at radius 2 is 2.32 bits per heavy atom. The van der Waals surface area contributed by atoms with Crippen LogP contribution in [0.1, 0.15) is 19.3 Å². The first-order valence-electron chi connectivity index (χ1n) is 6.12. The van der Waals surface area contributed by atoms with E-state index in [1.165, 1.54) is 10.9 Å². The molecule has 8 heteroatoms. The van der Waals surface area contributed by atoms with Gasteiger partial charge in [-0.25, -0.2) is 8.42 Å². The van der Waals surface area contributed by atoms with Crippen molar-refractivity contribution in [3.05, 3.63) is 12.4 Å². The largest absolute Gasteiger partial charge is 0.378 e. The molecule has 2 unspecified atom stereocenters. The zero-order valence-corrected chi connectivity index (χ0v) is 11.6. The fourth-order valence-electron chi connectivity index (χ4n) is 2.50. The summed E-state index contributed by atoms with van der Waals surface area (Å²) in [4.78, 5) is 10.8. The maximum absolute atomic E-state index is 11.7. The smallest absolute Gasteiger partial charge is 0.239 e. The molecule has 0 saturated heterocycles. The Morgan fingerprint density at radius 1 is 1.58 bits per heavy atom. The molecule has 0 spiro atoms. The predicted octanol–water partition coefficient (Wildman–Crippen LogP) is -0.254. The summed E-state index contributed by atoms with van der Waals surface area (Å²) in [6.45, 7) is 0.0157. The molecule has 1 aliphatic carbocycles. The third-order valence-electron chi connectivity index (χ3n) is 3.31. The van der Waals surface area contributed by atoms with Crippen molar-refractivity contribution in [2.45, 2.75) is 37.1 Å². The molecule has 1 fully saturated rings. The number of carbonyl (C=O) groups is 1. The van der Waals surface area contributed by atoms with E-state index < -0.39 is 15.7 Å². The Bertz CT molecular complexity index is 566. The molecular weight excluding hydrogens is 268 g/mol. The van der Waals surface area contributed by atoms with Gasteiger partial charge in [0.25, 0.3) is 0 Å². The lowest BCUT2D eigenvalue weighted by molar-refractivity contribution is -0.118. The first-order chi connectivity index (χ1) is 8.86. The van der Waals surface area contributed by atoms with Crippen LogP contribution in [0.4, 0.5) is 5.69 Å². The van der Waals surface area contributed by atoms with Crippen molar-refractivity contribution in [3.8, 4) is 0 Å². The number of anilines is 1. The second-order valence-corrected chi connectivity index (χ2v) is 7.21. The first-order valence-corrected chi connectivity index (χ1v) is 8.08. The number of hydrogen-bond acceptors (Lipinski definition) is 5. The number of aromatic nitrogens is 2. The summed E-state index contributed by atoms with van der Waals surface area (Å²) >= 11 is 0. The summed E-state index contributed by atoms with van der Waals surface area (Å²) in [6.07, 6.45) is 6.90. The minimum atomic E-state index is -3.05. The molecule has 3 N–H and O–H groups in total. The molecule has 1 aromatic rings. The Kier molecular flexibility index (Phi) is 3.79. The van der Waals surface area contributed by atoms with Crippen LogP contribution in [0.5, 0.6) is 0 Å². The van der Waals surface area contributed by atoms with E-state index in [1.54, 1.807) is 12.4 Å². The molecule has 0 radical (unpaired) electrons. The van der Waals surface area contributed by atoms with Crippen molar-refractivity contribution < 1.29 is 13.2 Å². The summed E-state index contributed by atoms with van der Waals surface area (Å²) in [5, 5.41) is 6.81. The van der Waals surface area contributed by atoms with E-state index in [2.05, 4.69) is 10.4 Å². The van der Waals surface area contributed by atoms with Crippen molar-refractivity contribution >= 4 is 21.4 Å². The van der Waals surface area contributed by atoms with E-state index in [1.807, 2.05) is 0 Å². The number of nitrogens with zero attached hydrogens (tertiary/aromatic N) is 2. The normalized spacial score (nSPS) is 23.4. The monoisotopic (exact) mass is 286 g/mol. The maximum atomic E-state index is 11.7. The number of nitrogens with one attached hydrogen (secondary N) is 1. The van der Waals surface area contributed by atoms with Gasteiger partial charge < -0.3 is 11.1 Å². The van der Waals surface area contributed by atoms with Gasteiger partial charge in [0, 0.05) is 18.5 Å². The number of amides is 1. The maximum Gasteiger partial charge on any atom is 0.239 e. The molecule has 1 heterocycles. The van der Waals surface area contributed by atoms with Gasteiger partial charge in [-0.05, 0) is 19.3 Å². The van der Waals surface area contributed by atoms with Gasteiger partial charge in [0.1, 0.15) is 6.54 Å². The molecule has 0 aliphatic heterocycles. The molecule has 1 saturated carbocycles. The second-order valence-electron chi connectivity index (χ2n) is 4.94. The number of rotatable bonds is 5. The number of hydrogen-bond donors (Lipinski definition) is 2. The second kappa shape index (κ2) is 5.20. The number of sulfone groups is 1. The van der Waals surface area contributed by atoms with Crippen molar-refractivity contribution in [1.29, 1.82) is 0 Å². The van der Waals surface area contributed by atoms with Crippen molar-refractivity contribution in [2.24, 2.45) is 5.73 Å². The summed E-state index contributed by atoms with van der Waals surface area (Å²) in [5.41, 5.74) is 5.79. The fourth-order valence-corrected chi connectivity index (χ4v) is 3.90. The summed E-state index contributed by atoms with van der Waals surface area (Å²) < 4.78 is 24.8. The van der Waals surface area contributed by atoms with Crippen LogP contribution in [0.25, 0.3) is 0 Å². The molecule has 2 atom stereocenters. The molecule has 0 aromatic carbocycles. The minimum Gasteiger partial charge on any atom is -0.378 e. The highest BCUT2D eigenvalue weighted by Crippen LogP contribution is 2.27. The Morgan fingerprint density at radius 3 is 2.95 bits per heavy atom. The van der Waals surface area contributed by atoms with Gasteiger partial charge in [0.15, 0.2) is 9.84 Å². The van der Waals surface area contributed by atoms with Crippen LogP contribution in [0, 0.1) is 0 Å². The Hall–Kier alpha value is -1.57. The fraction of sp³-hybridized carbons (Fsp3) is 0.636. The molecule has 19 heavy (non-hydrogen) atoms. The van der Waals surface area contributed by atoms with E-state index in [0.717, 1.165) is 12.8 Å². The lowest BCUT2D eigenvalue weighted by Crippen LogP contribution is -2.34. The van der Waals surface area contributed by atoms with Crippen molar-refractivity contribution in [2.75, 3.05) is 11.6 Å². The molecular formula is C11H18N4O3S. The molecule has 2 rings (SSSR count). The zero-order valence-electron chi connectivity index (χ0n) is 10.7. The molecule has 106 valence electrons. The van der Waals surface area contributed by atoms with Crippen LogP contribution in [-0.4, -0.2) is 41.7 Å². The van der Waals surface area contributed by atoms with Crippen LogP contribution in [0.2, 0.25) is 0 Å². The van der Waals surface area contributed by atoms with Gasteiger partial charge in [-0.2, -0.15) is 5.10 Å². The lowest BCUT2D eigenvalue weighted by atomic mass is 10.2. The Balaban J connectivity index is 2.04. The average Bonchev–Trinajstić information content (AvgIpc) is 2.86. The number of nitrogens with two attached hydrogens (primary N) is 1. The van der Waals surface area contributed by atoms with Crippen LogP contribution >= 0.6 is 0 Å². The predicted molar refractivity (Wildman–Crippen MR) is 71.3 cm³/mol. The van der Waals surface area contributed by atoms with E-state index >= 15 is 0 Å². The SMILES string of the molecule is CS(=O)(=O)C1CCCC1Nc1cnn(CC(N)=O)c1. The highest BCUT2D eigenvalue weighted by molar-refractivity contribution is 7.91.